The van der Waals surface area contributed by atoms with Gasteiger partial charge < -0.3 is 0 Å². The van der Waals surface area contributed by atoms with Gasteiger partial charge in [0.15, 0.2) is 5.82 Å². The molecular weight excluding hydrogens is 303 g/mol. The summed E-state index contributed by atoms with van der Waals surface area (Å²) in [5.41, 5.74) is 2.56. The van der Waals surface area contributed by atoms with Gasteiger partial charge in [0, 0.05) is 0 Å². The van der Waals surface area contributed by atoms with Gasteiger partial charge >= 0.3 is 0 Å². The summed E-state index contributed by atoms with van der Waals surface area (Å²) in [6.07, 6.45) is 7.18. The molecule has 2 aromatic carbocycles. The molecule has 1 aromatic heterocycles. The quantitative estimate of drug-likeness (QED) is 0.716. The lowest BCUT2D eigenvalue weighted by molar-refractivity contribution is 0.627. The van der Waals surface area contributed by atoms with Crippen molar-refractivity contribution in [2.75, 3.05) is 0 Å². The van der Waals surface area contributed by atoms with Crippen molar-refractivity contribution in [2.24, 2.45) is 0 Å². The van der Waals surface area contributed by atoms with Crippen LogP contribution in [0.3, 0.4) is 0 Å². The summed E-state index contributed by atoms with van der Waals surface area (Å²) in [4.78, 5) is 4.24. The van der Waals surface area contributed by atoms with E-state index in [2.05, 4.69) is 16.2 Å². The molecule has 24 heavy (non-hydrogen) atoms. The molecule has 0 saturated heterocycles. The van der Waals surface area contributed by atoms with Crippen LogP contribution in [0.2, 0.25) is 0 Å². The molecule has 0 fully saturated rings. The minimum atomic E-state index is -0.216. The van der Waals surface area contributed by atoms with Crippen LogP contribution in [0, 0.1) is 17.1 Å². The summed E-state index contributed by atoms with van der Waals surface area (Å²) in [6, 6.07) is 15.8. The summed E-state index contributed by atoms with van der Waals surface area (Å²) >= 11 is 0. The number of aryl methyl sites for hydroxylation is 1. The lowest BCUT2D eigenvalue weighted by atomic mass is 10.1. The van der Waals surface area contributed by atoms with E-state index in [4.69, 9.17) is 5.26 Å². The molecule has 0 bridgehead atoms. The summed E-state index contributed by atoms with van der Waals surface area (Å²) in [5, 5.41) is 13.2. The molecule has 0 unspecified atom stereocenters. The summed E-state index contributed by atoms with van der Waals surface area (Å²) in [7, 11) is 0. The Balaban J connectivity index is 1.59. The number of hydrogen-bond acceptors (Lipinski definition) is 3. The highest BCUT2D eigenvalue weighted by molar-refractivity contribution is 5.41. The highest BCUT2D eigenvalue weighted by Gasteiger charge is 2.00. The summed E-state index contributed by atoms with van der Waals surface area (Å²) in [6.45, 7) is 0. The van der Waals surface area contributed by atoms with E-state index in [-0.39, 0.29) is 5.82 Å². The molecule has 5 heteroatoms. The zero-order valence-electron chi connectivity index (χ0n) is 12.9. The molecule has 1 heterocycles. The van der Waals surface area contributed by atoms with E-state index in [1.807, 2.05) is 24.3 Å². The van der Waals surface area contributed by atoms with Crippen molar-refractivity contribution in [3.8, 4) is 11.8 Å². The van der Waals surface area contributed by atoms with Crippen LogP contribution in [0.4, 0.5) is 4.39 Å². The molecule has 4 nitrogen and oxygen atoms in total. The third-order valence-electron chi connectivity index (χ3n) is 3.55. The summed E-state index contributed by atoms with van der Waals surface area (Å²) in [5.74, 6) is 0.408. The smallest absolute Gasteiger partial charge is 0.173 e. The van der Waals surface area contributed by atoms with E-state index in [1.165, 1.54) is 12.1 Å². The third kappa shape index (κ3) is 3.93. The fraction of sp³-hybridized carbons (Fsp3) is 0.105. The number of benzene rings is 2. The Bertz CT molecular complexity index is 871. The molecule has 0 amide bonds. The Morgan fingerprint density at radius 3 is 2.54 bits per heavy atom. The maximum atomic E-state index is 12.8. The Morgan fingerprint density at radius 1 is 1.08 bits per heavy atom. The topological polar surface area (TPSA) is 54.5 Å². The molecule has 0 radical (unpaired) electrons. The Morgan fingerprint density at radius 2 is 1.83 bits per heavy atom. The van der Waals surface area contributed by atoms with Gasteiger partial charge in [0.25, 0.3) is 0 Å². The molecule has 0 N–H and O–H groups in total. The molecule has 0 saturated carbocycles. The Hall–Kier alpha value is -3.26. The zero-order chi connectivity index (χ0) is 16.8. The van der Waals surface area contributed by atoms with Gasteiger partial charge in [-0.15, -0.1) is 5.10 Å². The molecule has 0 atom stereocenters. The molecular formula is C19H15FN4. The van der Waals surface area contributed by atoms with Gasteiger partial charge in [-0.1, -0.05) is 18.2 Å². The van der Waals surface area contributed by atoms with Crippen molar-refractivity contribution < 1.29 is 4.39 Å². The predicted octanol–water partition coefficient (Wildman–Crippen LogP) is 3.92. The number of aromatic nitrogens is 3. The maximum absolute atomic E-state index is 12.8. The average molecular weight is 318 g/mol. The number of allylic oxidation sites excluding steroid dienone is 1. The molecule has 0 aliphatic heterocycles. The van der Waals surface area contributed by atoms with Crippen LogP contribution in [-0.4, -0.2) is 14.8 Å². The molecule has 0 spiro atoms. The van der Waals surface area contributed by atoms with E-state index in [0.717, 1.165) is 24.1 Å². The second-order valence-corrected chi connectivity index (χ2v) is 5.27. The standard InChI is InChI=1S/C19H15FN4/c20-17-9-5-15(6-10-17)3-1-2-4-19-22-14-24(23-19)18-11-7-16(13-21)8-12-18/h2,4-12,14H,1,3H2. The van der Waals surface area contributed by atoms with Gasteiger partial charge in [0.1, 0.15) is 12.1 Å². The minimum Gasteiger partial charge on any atom is -0.220 e. The summed E-state index contributed by atoms with van der Waals surface area (Å²) < 4.78 is 14.5. The second kappa shape index (κ2) is 7.34. The van der Waals surface area contributed by atoms with Crippen molar-refractivity contribution in [3.05, 3.63) is 83.7 Å². The fourth-order valence-electron chi connectivity index (χ4n) is 2.26. The first-order valence-electron chi connectivity index (χ1n) is 7.58. The van der Waals surface area contributed by atoms with Crippen LogP contribution < -0.4 is 0 Å². The van der Waals surface area contributed by atoms with Crippen molar-refractivity contribution >= 4 is 6.08 Å². The molecule has 0 aliphatic carbocycles. The SMILES string of the molecule is N#Cc1ccc(-n2cnc(C=CCCc3ccc(F)cc3)n2)cc1. The van der Waals surface area contributed by atoms with E-state index in [9.17, 15) is 4.39 Å². The zero-order valence-corrected chi connectivity index (χ0v) is 12.9. The van der Waals surface area contributed by atoms with Crippen molar-refractivity contribution in [3.63, 3.8) is 0 Å². The monoisotopic (exact) mass is 318 g/mol. The van der Waals surface area contributed by atoms with Crippen LogP contribution in [0.25, 0.3) is 11.8 Å². The largest absolute Gasteiger partial charge is 0.220 e. The Kier molecular flexibility index (Phi) is 4.78. The molecule has 0 aliphatic rings. The first-order valence-corrected chi connectivity index (χ1v) is 7.58. The molecule has 3 rings (SSSR count). The van der Waals surface area contributed by atoms with Gasteiger partial charge in [-0.05, 0) is 60.9 Å². The van der Waals surface area contributed by atoms with Crippen LogP contribution in [0.5, 0.6) is 0 Å². The third-order valence-corrected chi connectivity index (χ3v) is 3.55. The average Bonchev–Trinajstić information content (AvgIpc) is 3.09. The Labute approximate surface area is 139 Å². The van der Waals surface area contributed by atoms with E-state index >= 15 is 0 Å². The van der Waals surface area contributed by atoms with E-state index in [0.29, 0.717) is 11.4 Å². The van der Waals surface area contributed by atoms with Gasteiger partial charge in [-0.25, -0.2) is 14.1 Å². The van der Waals surface area contributed by atoms with Crippen LogP contribution in [0.15, 0.2) is 60.9 Å². The van der Waals surface area contributed by atoms with Crippen molar-refractivity contribution in [2.45, 2.75) is 12.8 Å². The molecule has 118 valence electrons. The number of nitriles is 1. The van der Waals surface area contributed by atoms with Gasteiger partial charge in [-0.3, -0.25) is 0 Å². The molecule has 3 aromatic rings. The van der Waals surface area contributed by atoms with Crippen LogP contribution >= 0.6 is 0 Å². The first-order chi connectivity index (χ1) is 11.7. The van der Waals surface area contributed by atoms with Crippen molar-refractivity contribution in [1.29, 1.82) is 5.26 Å². The highest BCUT2D eigenvalue weighted by atomic mass is 19.1. The lowest BCUT2D eigenvalue weighted by Crippen LogP contribution is -1.94. The predicted molar refractivity (Wildman–Crippen MR) is 89.8 cm³/mol. The number of nitrogens with zero attached hydrogens (tertiary/aromatic N) is 4. The first kappa shape index (κ1) is 15.6. The fourth-order valence-corrected chi connectivity index (χ4v) is 2.26. The van der Waals surface area contributed by atoms with Crippen molar-refractivity contribution in [1.82, 2.24) is 14.8 Å². The van der Waals surface area contributed by atoms with Gasteiger partial charge in [-0.2, -0.15) is 5.26 Å². The number of hydrogen-bond donors (Lipinski definition) is 0. The van der Waals surface area contributed by atoms with Gasteiger partial charge in [0.05, 0.1) is 17.3 Å². The highest BCUT2D eigenvalue weighted by Crippen LogP contribution is 2.09. The minimum absolute atomic E-state index is 0.216. The second-order valence-electron chi connectivity index (χ2n) is 5.27. The maximum Gasteiger partial charge on any atom is 0.173 e. The van der Waals surface area contributed by atoms with Crippen LogP contribution in [0.1, 0.15) is 23.4 Å². The number of rotatable bonds is 5. The number of halogens is 1. The lowest BCUT2D eigenvalue weighted by Gasteiger charge is -1.99. The normalized spacial score (nSPS) is 10.8. The van der Waals surface area contributed by atoms with Gasteiger partial charge in [0.2, 0.25) is 0 Å². The van der Waals surface area contributed by atoms with Crippen LogP contribution in [-0.2, 0) is 6.42 Å². The van der Waals surface area contributed by atoms with E-state index in [1.54, 1.807) is 35.3 Å². The van der Waals surface area contributed by atoms with E-state index < -0.39 is 0 Å².